The average Bonchev–Trinajstić information content (AvgIpc) is 2.62. The highest BCUT2D eigenvalue weighted by atomic mass is 35.5. The van der Waals surface area contributed by atoms with Crippen molar-refractivity contribution in [3.63, 3.8) is 0 Å². The third-order valence-electron chi connectivity index (χ3n) is 4.19. The van der Waals surface area contributed by atoms with Gasteiger partial charge in [0.25, 0.3) is 0 Å². The largest absolute Gasteiger partial charge is 0.353 e. The molecule has 2 aromatic carbocycles. The van der Waals surface area contributed by atoms with Crippen LogP contribution >= 0.6 is 11.6 Å². The van der Waals surface area contributed by atoms with Crippen LogP contribution in [0.25, 0.3) is 0 Å². The second-order valence-corrected chi connectivity index (χ2v) is 8.89. The van der Waals surface area contributed by atoms with Crippen LogP contribution in [0.3, 0.4) is 0 Å². The Morgan fingerprint density at radius 3 is 2.19 bits per heavy atom. The number of nitrogens with zero attached hydrogens (tertiary/aromatic N) is 2. The van der Waals surface area contributed by atoms with Crippen molar-refractivity contribution in [1.29, 1.82) is 0 Å². The number of nitrogens with one attached hydrogen (secondary N) is 1. The van der Waals surface area contributed by atoms with E-state index in [4.69, 9.17) is 11.6 Å². The van der Waals surface area contributed by atoms with Crippen molar-refractivity contribution < 1.29 is 13.2 Å². The number of benzene rings is 2. The van der Waals surface area contributed by atoms with Gasteiger partial charge in [-0.05, 0) is 43.9 Å². The molecule has 27 heavy (non-hydrogen) atoms. The van der Waals surface area contributed by atoms with Crippen LogP contribution in [0.15, 0.2) is 59.5 Å². The molecule has 0 saturated carbocycles. The third-order valence-corrected chi connectivity index (χ3v) is 6.26. The van der Waals surface area contributed by atoms with Crippen molar-refractivity contribution in [1.82, 2.24) is 14.5 Å². The maximum absolute atomic E-state index is 12.5. The summed E-state index contributed by atoms with van der Waals surface area (Å²) in [6.07, 6.45) is 0. The van der Waals surface area contributed by atoms with E-state index in [-0.39, 0.29) is 23.4 Å². The second-order valence-electron chi connectivity index (χ2n) is 6.41. The molecular formula is C19H24ClN3O3S. The molecule has 6 nitrogen and oxygen atoms in total. The van der Waals surface area contributed by atoms with Gasteiger partial charge in [0.15, 0.2) is 0 Å². The molecule has 0 bridgehead atoms. The lowest BCUT2D eigenvalue weighted by Gasteiger charge is -2.25. The first kappa shape index (κ1) is 21.4. The number of sulfonamides is 1. The fraction of sp³-hybridized carbons (Fsp3) is 0.316. The predicted octanol–water partition coefficient (Wildman–Crippen LogP) is 2.38. The first-order valence-corrected chi connectivity index (χ1v) is 10.2. The Morgan fingerprint density at radius 2 is 1.63 bits per heavy atom. The van der Waals surface area contributed by atoms with E-state index in [0.717, 1.165) is 9.87 Å². The van der Waals surface area contributed by atoms with Crippen LogP contribution in [0.2, 0.25) is 5.02 Å². The summed E-state index contributed by atoms with van der Waals surface area (Å²) in [7, 11) is 1.49. The molecule has 1 atom stereocenters. The monoisotopic (exact) mass is 409 g/mol. The molecule has 2 rings (SSSR count). The molecule has 0 saturated heterocycles. The number of rotatable bonds is 8. The Bertz CT molecular complexity index is 856. The molecule has 1 amide bonds. The lowest BCUT2D eigenvalue weighted by Crippen LogP contribution is -2.41. The molecule has 2 aromatic rings. The number of halogens is 1. The van der Waals surface area contributed by atoms with Crippen molar-refractivity contribution in [2.24, 2.45) is 0 Å². The fourth-order valence-electron chi connectivity index (χ4n) is 2.61. The standard InChI is InChI=1S/C19H24ClN3O3S/c1-22(2)18(15-7-5-4-6-8-15)13-21-19(24)14-23(3)27(25,26)17-11-9-16(20)10-12-17/h4-12,18H,13-14H2,1-3H3,(H,21,24)/t18-/m0/s1. The summed E-state index contributed by atoms with van der Waals surface area (Å²) in [5.41, 5.74) is 1.07. The number of carbonyl (C=O) groups excluding carboxylic acids is 1. The Kier molecular flexibility index (Phi) is 7.38. The van der Waals surface area contributed by atoms with E-state index in [0.29, 0.717) is 11.6 Å². The van der Waals surface area contributed by atoms with Gasteiger partial charge in [0.1, 0.15) is 0 Å². The first-order chi connectivity index (χ1) is 12.7. The third kappa shape index (κ3) is 5.77. The van der Waals surface area contributed by atoms with Gasteiger partial charge in [0.2, 0.25) is 15.9 Å². The van der Waals surface area contributed by atoms with Crippen LogP contribution < -0.4 is 5.32 Å². The van der Waals surface area contributed by atoms with E-state index in [2.05, 4.69) is 5.32 Å². The number of carbonyl (C=O) groups is 1. The fourth-order valence-corrected chi connectivity index (χ4v) is 3.87. The van der Waals surface area contributed by atoms with Gasteiger partial charge in [-0.1, -0.05) is 41.9 Å². The molecule has 0 heterocycles. The zero-order valence-electron chi connectivity index (χ0n) is 15.6. The Morgan fingerprint density at radius 1 is 1.04 bits per heavy atom. The highest BCUT2D eigenvalue weighted by molar-refractivity contribution is 7.89. The normalized spacial score (nSPS) is 13.0. The van der Waals surface area contributed by atoms with E-state index in [1.807, 2.05) is 49.3 Å². The zero-order valence-corrected chi connectivity index (χ0v) is 17.2. The highest BCUT2D eigenvalue weighted by Crippen LogP contribution is 2.18. The summed E-state index contributed by atoms with van der Waals surface area (Å²) in [6, 6.07) is 15.7. The van der Waals surface area contributed by atoms with Gasteiger partial charge in [-0.15, -0.1) is 0 Å². The van der Waals surface area contributed by atoms with Gasteiger partial charge in [0, 0.05) is 18.6 Å². The summed E-state index contributed by atoms with van der Waals surface area (Å²) in [6.45, 7) is 0.116. The lowest BCUT2D eigenvalue weighted by molar-refractivity contribution is -0.121. The summed E-state index contributed by atoms with van der Waals surface area (Å²) < 4.78 is 26.1. The lowest BCUT2D eigenvalue weighted by atomic mass is 10.1. The minimum atomic E-state index is -3.75. The minimum absolute atomic E-state index is 0.00618. The van der Waals surface area contributed by atoms with E-state index in [9.17, 15) is 13.2 Å². The number of hydrogen-bond acceptors (Lipinski definition) is 4. The summed E-state index contributed by atoms with van der Waals surface area (Å²) >= 11 is 5.80. The van der Waals surface area contributed by atoms with E-state index >= 15 is 0 Å². The summed E-state index contributed by atoms with van der Waals surface area (Å²) in [4.78, 5) is 14.4. The van der Waals surface area contributed by atoms with Gasteiger partial charge < -0.3 is 10.2 Å². The smallest absolute Gasteiger partial charge is 0.243 e. The second kappa shape index (κ2) is 9.32. The molecule has 0 unspecified atom stereocenters. The highest BCUT2D eigenvalue weighted by Gasteiger charge is 2.23. The topological polar surface area (TPSA) is 69.7 Å². The minimum Gasteiger partial charge on any atom is -0.353 e. The van der Waals surface area contributed by atoms with E-state index in [1.165, 1.54) is 31.3 Å². The average molecular weight is 410 g/mol. The summed E-state index contributed by atoms with van der Waals surface area (Å²) in [5.74, 6) is -0.363. The zero-order chi connectivity index (χ0) is 20.0. The van der Waals surface area contributed by atoms with Gasteiger partial charge in [-0.25, -0.2) is 8.42 Å². The number of likely N-dealkylation sites (N-methyl/N-ethyl adjacent to an activating group) is 2. The van der Waals surface area contributed by atoms with Gasteiger partial charge in [-0.3, -0.25) is 4.79 Å². The van der Waals surface area contributed by atoms with Crippen molar-refractivity contribution in [3.05, 3.63) is 65.2 Å². The maximum atomic E-state index is 12.5. The van der Waals surface area contributed by atoms with Crippen molar-refractivity contribution in [2.75, 3.05) is 34.2 Å². The molecule has 0 aromatic heterocycles. The molecule has 1 N–H and O–H groups in total. The number of hydrogen-bond donors (Lipinski definition) is 1. The quantitative estimate of drug-likeness (QED) is 0.726. The van der Waals surface area contributed by atoms with Crippen LogP contribution in [-0.4, -0.2) is 57.8 Å². The first-order valence-electron chi connectivity index (χ1n) is 8.42. The molecule has 0 radical (unpaired) electrons. The summed E-state index contributed by atoms with van der Waals surface area (Å²) in [5, 5.41) is 3.27. The predicted molar refractivity (Wildman–Crippen MR) is 107 cm³/mol. The van der Waals surface area contributed by atoms with E-state index in [1.54, 1.807) is 0 Å². The molecule has 0 fully saturated rings. The molecule has 0 aliphatic heterocycles. The van der Waals surface area contributed by atoms with Crippen LogP contribution in [0.1, 0.15) is 11.6 Å². The molecule has 0 aliphatic rings. The molecule has 8 heteroatoms. The Hall–Kier alpha value is -1.93. The van der Waals surface area contributed by atoms with Gasteiger partial charge in [0.05, 0.1) is 17.5 Å². The molecule has 0 aliphatic carbocycles. The van der Waals surface area contributed by atoms with Gasteiger partial charge in [-0.2, -0.15) is 4.31 Å². The molecule has 0 spiro atoms. The molecule has 146 valence electrons. The number of amides is 1. The van der Waals surface area contributed by atoms with Crippen molar-refractivity contribution in [3.8, 4) is 0 Å². The van der Waals surface area contributed by atoms with Crippen molar-refractivity contribution in [2.45, 2.75) is 10.9 Å². The Labute approximate surface area is 165 Å². The van der Waals surface area contributed by atoms with Crippen LogP contribution in [0, 0.1) is 0 Å². The maximum Gasteiger partial charge on any atom is 0.243 e. The molecular weight excluding hydrogens is 386 g/mol. The van der Waals surface area contributed by atoms with Crippen LogP contribution in [0.5, 0.6) is 0 Å². The SMILES string of the molecule is CN(C)[C@@H](CNC(=O)CN(C)S(=O)(=O)c1ccc(Cl)cc1)c1ccccc1. The van der Waals surface area contributed by atoms with E-state index < -0.39 is 10.0 Å². The van der Waals surface area contributed by atoms with Crippen LogP contribution in [-0.2, 0) is 14.8 Å². The van der Waals surface area contributed by atoms with Gasteiger partial charge >= 0.3 is 0 Å². The Balaban J connectivity index is 1.99. The van der Waals surface area contributed by atoms with Crippen LogP contribution in [0.4, 0.5) is 0 Å². The van der Waals surface area contributed by atoms with Crippen molar-refractivity contribution >= 4 is 27.5 Å².